The van der Waals surface area contributed by atoms with E-state index in [1.54, 1.807) is 5.32 Å². The first kappa shape index (κ1) is 16.0. The van der Waals surface area contributed by atoms with Crippen LogP contribution in [0.25, 0.3) is 0 Å². The second-order valence-electron chi connectivity index (χ2n) is 3.65. The average molecular weight is 271 g/mol. The zero-order valence-corrected chi connectivity index (χ0v) is 9.46. The van der Waals surface area contributed by atoms with Crippen LogP contribution in [0.3, 0.4) is 0 Å². The molecule has 0 aromatic carbocycles. The molecular formula is C8H12F3N3O4. The number of halogens is 3. The molecular weight excluding hydrogens is 259 g/mol. The lowest BCUT2D eigenvalue weighted by molar-refractivity contribution is -0.203. The second kappa shape index (κ2) is 5.10. The summed E-state index contributed by atoms with van der Waals surface area (Å²) in [5, 5.41) is 11.5. The Balaban J connectivity index is 4.89. The van der Waals surface area contributed by atoms with Crippen LogP contribution < -0.4 is 16.4 Å². The summed E-state index contributed by atoms with van der Waals surface area (Å²) in [6.45, 7) is 1.41. The Morgan fingerprint density at radius 2 is 1.72 bits per heavy atom. The molecule has 3 amide bonds. The Bertz CT molecular complexity index is 371. The highest BCUT2D eigenvalue weighted by Gasteiger charge is 2.58. The van der Waals surface area contributed by atoms with Crippen LogP contribution in [0.2, 0.25) is 0 Å². The molecule has 7 nitrogen and oxygen atoms in total. The van der Waals surface area contributed by atoms with Crippen LogP contribution in [0.5, 0.6) is 0 Å². The van der Waals surface area contributed by atoms with Gasteiger partial charge in [0, 0.05) is 0 Å². The monoisotopic (exact) mass is 271 g/mol. The summed E-state index contributed by atoms with van der Waals surface area (Å²) in [6.07, 6.45) is -5.20. The first-order valence-electron chi connectivity index (χ1n) is 4.60. The number of carboxylic acid groups (broad SMARTS) is 1. The highest BCUT2D eigenvalue weighted by atomic mass is 19.4. The van der Waals surface area contributed by atoms with Crippen LogP contribution >= 0.6 is 0 Å². The number of rotatable bonds is 4. The molecule has 0 fully saturated rings. The molecule has 0 aromatic rings. The number of hydrogen-bond acceptors (Lipinski definition) is 3. The van der Waals surface area contributed by atoms with Crippen molar-refractivity contribution in [2.75, 3.05) is 0 Å². The second-order valence-corrected chi connectivity index (χ2v) is 3.65. The summed E-state index contributed by atoms with van der Waals surface area (Å²) in [7, 11) is 0. The van der Waals surface area contributed by atoms with Gasteiger partial charge in [0.1, 0.15) is 6.04 Å². The predicted octanol–water partition coefficient (Wildman–Crippen LogP) is -0.435. The van der Waals surface area contributed by atoms with Crippen molar-refractivity contribution in [3.05, 3.63) is 0 Å². The van der Waals surface area contributed by atoms with E-state index in [9.17, 15) is 27.6 Å². The molecule has 0 saturated heterocycles. The van der Waals surface area contributed by atoms with Crippen LogP contribution in [-0.2, 0) is 9.59 Å². The maximum absolute atomic E-state index is 12.5. The number of carbonyl (C=O) groups is 3. The van der Waals surface area contributed by atoms with Gasteiger partial charge in [-0.3, -0.25) is 4.79 Å². The van der Waals surface area contributed by atoms with Crippen LogP contribution in [0, 0.1) is 0 Å². The number of aliphatic carboxylic acids is 1. The van der Waals surface area contributed by atoms with E-state index in [4.69, 9.17) is 10.8 Å². The molecule has 2 unspecified atom stereocenters. The molecule has 2 atom stereocenters. The summed E-state index contributed by atoms with van der Waals surface area (Å²) < 4.78 is 37.5. The van der Waals surface area contributed by atoms with Crippen molar-refractivity contribution in [2.24, 2.45) is 5.73 Å². The quantitative estimate of drug-likeness (QED) is 0.554. The number of alkyl halides is 3. The molecule has 0 saturated carbocycles. The van der Waals surface area contributed by atoms with Crippen molar-refractivity contribution >= 4 is 17.9 Å². The third kappa shape index (κ3) is 3.50. The minimum atomic E-state index is -5.20. The third-order valence-corrected chi connectivity index (χ3v) is 2.13. The normalized spacial score (nSPS) is 16.3. The molecule has 0 spiro atoms. The smallest absolute Gasteiger partial charge is 0.422 e. The van der Waals surface area contributed by atoms with Crippen LogP contribution in [-0.4, -0.2) is 40.8 Å². The Labute approximate surface area is 99.5 Å². The van der Waals surface area contributed by atoms with Crippen molar-refractivity contribution in [2.45, 2.75) is 31.6 Å². The standard InChI is InChI=1S/C8H12F3N3O4/c1-3(4(12)15)13-6(18)14-7(2,5(16)17)8(9,10)11/h3H,1-2H3,(H2,12,15)(H,16,17)(H2,13,14,18). The predicted molar refractivity (Wildman–Crippen MR) is 52.4 cm³/mol. The number of primary amides is 1. The zero-order chi connectivity index (χ0) is 14.7. The molecule has 0 rings (SSSR count). The fourth-order valence-electron chi connectivity index (χ4n) is 0.777. The van der Waals surface area contributed by atoms with Gasteiger partial charge >= 0.3 is 18.2 Å². The molecule has 0 aromatic heterocycles. The number of carbonyl (C=O) groups excluding carboxylic acids is 2. The SMILES string of the molecule is CC(NC(=O)NC(C)(C(=O)O)C(F)(F)F)C(N)=O. The lowest BCUT2D eigenvalue weighted by atomic mass is 10.0. The van der Waals surface area contributed by atoms with Gasteiger partial charge in [0.05, 0.1) is 0 Å². The molecule has 5 N–H and O–H groups in total. The highest BCUT2D eigenvalue weighted by molar-refractivity contribution is 5.89. The number of hydrogen-bond donors (Lipinski definition) is 4. The molecule has 0 aliphatic heterocycles. The summed E-state index contributed by atoms with van der Waals surface area (Å²) in [5.41, 5.74) is 1.31. The molecule has 0 heterocycles. The molecule has 0 aliphatic rings. The largest absolute Gasteiger partial charge is 0.479 e. The van der Waals surface area contributed by atoms with E-state index >= 15 is 0 Å². The van der Waals surface area contributed by atoms with Gasteiger partial charge in [-0.25, -0.2) is 9.59 Å². The fourth-order valence-corrected chi connectivity index (χ4v) is 0.777. The average Bonchev–Trinajstić information content (AvgIpc) is 2.14. The van der Waals surface area contributed by atoms with Gasteiger partial charge in [-0.15, -0.1) is 0 Å². The lowest BCUT2D eigenvalue weighted by Gasteiger charge is -2.28. The number of carboxylic acids is 1. The molecule has 0 radical (unpaired) electrons. The van der Waals surface area contributed by atoms with Gasteiger partial charge < -0.3 is 21.5 Å². The fraction of sp³-hybridized carbons (Fsp3) is 0.625. The minimum absolute atomic E-state index is 0.282. The van der Waals surface area contributed by atoms with Crippen molar-refractivity contribution in [1.29, 1.82) is 0 Å². The van der Waals surface area contributed by atoms with Gasteiger partial charge in [-0.1, -0.05) is 0 Å². The number of nitrogens with two attached hydrogens (primary N) is 1. The van der Waals surface area contributed by atoms with Crippen molar-refractivity contribution < 1.29 is 32.7 Å². The summed E-state index contributed by atoms with van der Waals surface area (Å²) >= 11 is 0. The van der Waals surface area contributed by atoms with E-state index < -0.39 is 35.7 Å². The Morgan fingerprint density at radius 3 is 2.00 bits per heavy atom. The van der Waals surface area contributed by atoms with Crippen LogP contribution in [0.1, 0.15) is 13.8 Å². The van der Waals surface area contributed by atoms with E-state index in [0.717, 1.165) is 6.92 Å². The third-order valence-electron chi connectivity index (χ3n) is 2.13. The molecule has 18 heavy (non-hydrogen) atoms. The number of nitrogens with one attached hydrogen (secondary N) is 2. The summed E-state index contributed by atoms with van der Waals surface area (Å²) in [4.78, 5) is 32.3. The first-order chi connectivity index (χ1) is 7.91. The van der Waals surface area contributed by atoms with Gasteiger partial charge in [-0.2, -0.15) is 13.2 Å². The molecule has 104 valence electrons. The summed E-state index contributed by atoms with van der Waals surface area (Å²) in [5.74, 6) is -3.26. The van der Waals surface area contributed by atoms with E-state index in [2.05, 4.69) is 0 Å². The van der Waals surface area contributed by atoms with E-state index in [1.165, 1.54) is 5.32 Å². The van der Waals surface area contributed by atoms with Crippen molar-refractivity contribution in [1.82, 2.24) is 10.6 Å². The Hall–Kier alpha value is -2.00. The summed E-state index contributed by atoms with van der Waals surface area (Å²) in [6, 6.07) is -2.71. The van der Waals surface area contributed by atoms with Crippen molar-refractivity contribution in [3.63, 3.8) is 0 Å². The van der Waals surface area contributed by atoms with Crippen LogP contribution in [0.4, 0.5) is 18.0 Å². The Kier molecular flexibility index (Phi) is 4.54. The minimum Gasteiger partial charge on any atom is -0.479 e. The lowest BCUT2D eigenvalue weighted by Crippen LogP contribution is -2.64. The first-order valence-corrected chi connectivity index (χ1v) is 4.60. The molecule has 0 aliphatic carbocycles. The van der Waals surface area contributed by atoms with E-state index in [1.807, 2.05) is 0 Å². The van der Waals surface area contributed by atoms with E-state index in [-0.39, 0.29) is 6.92 Å². The molecule has 10 heteroatoms. The van der Waals surface area contributed by atoms with Gasteiger partial charge in [0.2, 0.25) is 11.4 Å². The number of amides is 3. The van der Waals surface area contributed by atoms with Crippen molar-refractivity contribution in [3.8, 4) is 0 Å². The number of urea groups is 1. The van der Waals surface area contributed by atoms with Gasteiger partial charge in [-0.05, 0) is 13.8 Å². The van der Waals surface area contributed by atoms with Gasteiger partial charge in [0.15, 0.2) is 0 Å². The Morgan fingerprint density at radius 1 is 1.28 bits per heavy atom. The van der Waals surface area contributed by atoms with Gasteiger partial charge in [0.25, 0.3) is 0 Å². The molecule has 0 bridgehead atoms. The highest BCUT2D eigenvalue weighted by Crippen LogP contribution is 2.30. The maximum atomic E-state index is 12.5. The topological polar surface area (TPSA) is 122 Å². The van der Waals surface area contributed by atoms with Crippen LogP contribution in [0.15, 0.2) is 0 Å². The van der Waals surface area contributed by atoms with E-state index in [0.29, 0.717) is 0 Å². The zero-order valence-electron chi connectivity index (χ0n) is 9.46. The maximum Gasteiger partial charge on any atom is 0.422 e.